The summed E-state index contributed by atoms with van der Waals surface area (Å²) in [7, 11) is 1.98. The number of alkyl halides is 3. The lowest BCUT2D eigenvalue weighted by Gasteiger charge is -2.28. The minimum absolute atomic E-state index is 0.115. The summed E-state index contributed by atoms with van der Waals surface area (Å²) in [6.45, 7) is 4.65. The zero-order chi connectivity index (χ0) is 23.3. The van der Waals surface area contributed by atoms with Gasteiger partial charge in [-0.05, 0) is 47.7 Å². The van der Waals surface area contributed by atoms with Gasteiger partial charge in [-0.2, -0.15) is 13.2 Å². The Balaban J connectivity index is 1.92. The third kappa shape index (κ3) is 2.58. The highest BCUT2D eigenvalue weighted by Crippen LogP contribution is 2.46. The number of aryl methyl sites for hydroxylation is 2. The van der Waals surface area contributed by atoms with Gasteiger partial charge in [0, 0.05) is 16.2 Å². The molecule has 6 rings (SSSR count). The van der Waals surface area contributed by atoms with E-state index >= 15 is 0 Å². The number of fused-ring (bicyclic) bond motifs is 6. The molecule has 3 heterocycles. The van der Waals surface area contributed by atoms with Crippen molar-refractivity contribution >= 4 is 49.1 Å². The monoisotopic (exact) mass is 446 g/mol. The summed E-state index contributed by atoms with van der Waals surface area (Å²) in [5, 5.41) is 3.97. The molecule has 0 atom stereocenters. The minimum atomic E-state index is -4.31. The molecule has 33 heavy (non-hydrogen) atoms. The van der Waals surface area contributed by atoms with Crippen LogP contribution in [0.4, 0.5) is 13.2 Å². The number of benzene rings is 3. The van der Waals surface area contributed by atoms with E-state index in [4.69, 9.17) is 0 Å². The number of hydrogen-bond donors (Lipinski definition) is 0. The maximum Gasteiger partial charge on any atom is 0.394 e. The van der Waals surface area contributed by atoms with Crippen molar-refractivity contribution in [1.29, 1.82) is 0 Å². The van der Waals surface area contributed by atoms with Crippen molar-refractivity contribution < 1.29 is 17.7 Å². The number of hydrogen-bond acceptors (Lipinski definition) is 1. The van der Waals surface area contributed by atoms with Crippen LogP contribution < -0.4 is 4.57 Å². The molecular formula is C27H23F3N3+. The lowest BCUT2D eigenvalue weighted by atomic mass is 9.83. The van der Waals surface area contributed by atoms with Crippen LogP contribution in [0.5, 0.6) is 0 Å². The third-order valence-corrected chi connectivity index (χ3v) is 7.09. The van der Waals surface area contributed by atoms with E-state index in [2.05, 4.69) is 28.4 Å². The lowest BCUT2D eigenvalue weighted by Crippen LogP contribution is -2.34. The van der Waals surface area contributed by atoms with Gasteiger partial charge in [0.2, 0.25) is 0 Å². The van der Waals surface area contributed by atoms with Crippen LogP contribution >= 0.6 is 0 Å². The van der Waals surface area contributed by atoms with Crippen LogP contribution in [0.25, 0.3) is 49.1 Å². The van der Waals surface area contributed by atoms with Crippen molar-refractivity contribution in [2.45, 2.75) is 33.4 Å². The summed E-state index contributed by atoms with van der Waals surface area (Å²) in [5.41, 5.74) is 4.72. The van der Waals surface area contributed by atoms with Gasteiger partial charge < -0.3 is 4.40 Å². The van der Waals surface area contributed by atoms with Crippen LogP contribution in [-0.2, 0) is 13.5 Å². The van der Waals surface area contributed by atoms with Crippen LogP contribution in [-0.4, -0.2) is 15.6 Å². The summed E-state index contributed by atoms with van der Waals surface area (Å²) in [5.74, 6) is 0. The summed E-state index contributed by atoms with van der Waals surface area (Å²) >= 11 is 0. The molecule has 166 valence electrons. The molecule has 3 aromatic carbocycles. The summed E-state index contributed by atoms with van der Waals surface area (Å²) in [4.78, 5) is 4.66. The Morgan fingerprint density at radius 2 is 1.67 bits per heavy atom. The first-order chi connectivity index (χ1) is 15.6. The van der Waals surface area contributed by atoms with Crippen LogP contribution in [0, 0.1) is 12.3 Å². The predicted molar refractivity (Wildman–Crippen MR) is 126 cm³/mol. The zero-order valence-corrected chi connectivity index (χ0v) is 18.9. The molecule has 0 saturated heterocycles. The van der Waals surface area contributed by atoms with Crippen LogP contribution in [0.1, 0.15) is 25.0 Å². The van der Waals surface area contributed by atoms with Gasteiger partial charge in [-0.3, -0.25) is 0 Å². The zero-order valence-electron chi connectivity index (χ0n) is 18.9. The minimum Gasteiger partial charge on any atom is -0.308 e. The van der Waals surface area contributed by atoms with Gasteiger partial charge in [0.25, 0.3) is 6.33 Å². The van der Waals surface area contributed by atoms with Gasteiger partial charge in [0.1, 0.15) is 5.52 Å². The van der Waals surface area contributed by atoms with Crippen molar-refractivity contribution in [3.05, 3.63) is 66.0 Å². The Morgan fingerprint density at radius 1 is 0.939 bits per heavy atom. The smallest absolute Gasteiger partial charge is 0.308 e. The van der Waals surface area contributed by atoms with Crippen molar-refractivity contribution in [1.82, 2.24) is 9.38 Å². The quantitative estimate of drug-likeness (QED) is 0.166. The SMILES string of the molecule is Cc1cccc2c1c1c3c(cc(CC(C)(C)C(F)(F)F)c4c5ccccc5n2c43)nc[n+]1C. The Labute approximate surface area is 188 Å². The van der Waals surface area contributed by atoms with E-state index in [0.29, 0.717) is 5.56 Å². The summed E-state index contributed by atoms with van der Waals surface area (Å²) in [6, 6.07) is 16.1. The van der Waals surface area contributed by atoms with Crippen molar-refractivity contribution in [3.63, 3.8) is 0 Å². The molecule has 3 aromatic heterocycles. The first-order valence-corrected chi connectivity index (χ1v) is 11.0. The number of rotatable bonds is 2. The van der Waals surface area contributed by atoms with Crippen molar-refractivity contribution in [2.75, 3.05) is 0 Å². The lowest BCUT2D eigenvalue weighted by molar-refractivity contribution is -0.646. The van der Waals surface area contributed by atoms with Crippen LogP contribution in [0.2, 0.25) is 0 Å². The van der Waals surface area contributed by atoms with E-state index < -0.39 is 11.6 Å². The molecule has 0 saturated carbocycles. The van der Waals surface area contributed by atoms with E-state index in [-0.39, 0.29) is 6.42 Å². The standard InChI is InChI=1S/C27H23F3N3/c1-15-8-7-11-20-21(15)24-23-18(31-14-32(24)4)12-16(13-26(2,3)27(28,29)30)22-17-9-5-6-10-19(17)33(20)25(22)23/h5-12,14H,13H2,1-4H3/q+1. The molecule has 6 aromatic rings. The number of para-hydroxylation sites is 1. The van der Waals surface area contributed by atoms with Gasteiger partial charge in [-0.25, -0.2) is 4.57 Å². The Kier molecular flexibility index (Phi) is 3.88. The third-order valence-electron chi connectivity index (χ3n) is 7.09. The molecule has 0 amide bonds. The van der Waals surface area contributed by atoms with Crippen molar-refractivity contribution in [2.24, 2.45) is 12.5 Å². The van der Waals surface area contributed by atoms with Crippen molar-refractivity contribution in [3.8, 4) is 0 Å². The second-order valence-electron chi connectivity index (χ2n) is 9.74. The molecule has 6 heteroatoms. The maximum atomic E-state index is 13.9. The number of nitrogens with zero attached hydrogens (tertiary/aromatic N) is 3. The first kappa shape index (κ1) is 20.2. The normalized spacial score (nSPS) is 13.4. The maximum absolute atomic E-state index is 13.9. The molecule has 0 radical (unpaired) electrons. The molecule has 0 bridgehead atoms. The molecular weight excluding hydrogens is 423 g/mol. The molecule has 3 nitrogen and oxygen atoms in total. The van der Waals surface area contributed by atoms with Crippen LogP contribution in [0.3, 0.4) is 0 Å². The van der Waals surface area contributed by atoms with E-state index in [1.165, 1.54) is 13.8 Å². The fourth-order valence-electron chi connectivity index (χ4n) is 5.36. The van der Waals surface area contributed by atoms with Crippen LogP contribution in [0.15, 0.2) is 54.9 Å². The molecule has 0 aliphatic heterocycles. The van der Waals surface area contributed by atoms with E-state index in [1.807, 2.05) is 48.0 Å². The molecule has 0 aliphatic carbocycles. The fourth-order valence-corrected chi connectivity index (χ4v) is 5.36. The highest BCUT2D eigenvalue weighted by Gasteiger charge is 2.47. The van der Waals surface area contributed by atoms with E-state index in [0.717, 1.165) is 54.7 Å². The molecule has 0 N–H and O–H groups in total. The Morgan fingerprint density at radius 3 is 2.42 bits per heavy atom. The number of halogens is 3. The number of pyridine rings is 1. The second-order valence-corrected chi connectivity index (χ2v) is 9.74. The summed E-state index contributed by atoms with van der Waals surface area (Å²) in [6.07, 6.45) is -2.67. The average Bonchev–Trinajstić information content (AvgIpc) is 3.10. The van der Waals surface area contributed by atoms with Gasteiger partial charge in [-0.1, -0.05) is 44.2 Å². The van der Waals surface area contributed by atoms with Gasteiger partial charge in [0.05, 0.1) is 34.4 Å². The molecule has 0 unspecified atom stereocenters. The topological polar surface area (TPSA) is 21.2 Å². The molecule has 0 fully saturated rings. The molecule has 0 spiro atoms. The first-order valence-electron chi connectivity index (χ1n) is 11.0. The highest BCUT2D eigenvalue weighted by molar-refractivity contribution is 6.27. The highest BCUT2D eigenvalue weighted by atomic mass is 19.4. The van der Waals surface area contributed by atoms with Gasteiger partial charge >= 0.3 is 6.18 Å². The Hall–Kier alpha value is -3.41. The average molecular weight is 446 g/mol. The van der Waals surface area contributed by atoms with Gasteiger partial charge in [-0.15, -0.1) is 0 Å². The Bertz CT molecular complexity index is 1720. The van der Waals surface area contributed by atoms with E-state index in [1.54, 1.807) is 6.33 Å². The van der Waals surface area contributed by atoms with Gasteiger partial charge in [0.15, 0.2) is 5.52 Å². The van der Waals surface area contributed by atoms with E-state index in [9.17, 15) is 13.2 Å². The predicted octanol–water partition coefficient (Wildman–Crippen LogP) is 6.65. The second kappa shape index (κ2) is 6.34. The molecule has 0 aliphatic rings. The summed E-state index contributed by atoms with van der Waals surface area (Å²) < 4.78 is 45.9. The fraction of sp³-hybridized carbons (Fsp3) is 0.259. The number of aromatic nitrogens is 3. The largest absolute Gasteiger partial charge is 0.394 e.